The molecule has 1 N–H and O–H groups in total. The van der Waals surface area contributed by atoms with Gasteiger partial charge < -0.3 is 9.38 Å². The van der Waals surface area contributed by atoms with E-state index >= 15 is 0 Å². The maximum Gasteiger partial charge on any atom is 0.472 e. The fourth-order valence-electron chi connectivity index (χ4n) is 7.63. The van der Waals surface area contributed by atoms with Crippen LogP contribution in [0.25, 0.3) is 0 Å². The highest BCUT2D eigenvalue weighted by Crippen LogP contribution is 2.67. The van der Waals surface area contributed by atoms with Crippen LogP contribution in [0, 0.1) is 28.6 Å². The van der Waals surface area contributed by atoms with Gasteiger partial charge in [0, 0.05) is 6.42 Å². The van der Waals surface area contributed by atoms with Crippen molar-refractivity contribution in [1.29, 1.82) is 0 Å². The summed E-state index contributed by atoms with van der Waals surface area (Å²) in [5.74, 6) is 1.84. The summed E-state index contributed by atoms with van der Waals surface area (Å²) in [5, 5.41) is 0. The molecule has 4 aliphatic carbocycles. The van der Waals surface area contributed by atoms with Crippen molar-refractivity contribution < 1.29 is 27.8 Å². The van der Waals surface area contributed by atoms with E-state index in [0.717, 1.165) is 38.5 Å². The molecule has 4 rings (SSSR count). The number of ketones is 1. The molecule has 0 bridgehead atoms. The number of hydrogen-bond donors (Lipinski definition) is 1. The molecular weight excluding hydrogens is 437 g/mol. The third-order valence-corrected chi connectivity index (χ3v) is 10.4. The minimum absolute atomic E-state index is 0.00898. The van der Waals surface area contributed by atoms with Crippen LogP contribution in [-0.4, -0.2) is 55.6 Å². The van der Waals surface area contributed by atoms with Crippen molar-refractivity contribution in [3.05, 3.63) is 23.3 Å². The fourth-order valence-corrected chi connectivity index (χ4v) is 8.53. The van der Waals surface area contributed by atoms with Gasteiger partial charge in [0.15, 0.2) is 5.78 Å². The number of carbonyl (C=O) groups is 1. The average molecular weight is 481 g/mol. The van der Waals surface area contributed by atoms with Crippen LogP contribution in [-0.2, 0) is 18.4 Å². The second-order valence-electron chi connectivity index (χ2n) is 12.3. The average Bonchev–Trinajstić information content (AvgIpc) is 2.97. The molecule has 7 heteroatoms. The quantitative estimate of drug-likeness (QED) is 0.318. The second-order valence-corrected chi connectivity index (χ2v) is 13.7. The Labute approximate surface area is 199 Å². The molecule has 0 radical (unpaired) electrons. The van der Waals surface area contributed by atoms with E-state index in [-0.39, 0.29) is 29.3 Å². The lowest BCUT2D eigenvalue weighted by molar-refractivity contribution is -0.870. The van der Waals surface area contributed by atoms with Gasteiger partial charge in [-0.2, -0.15) is 0 Å². The minimum Gasteiger partial charge on any atom is -0.329 e. The lowest BCUT2D eigenvalue weighted by Crippen LogP contribution is -2.49. The van der Waals surface area contributed by atoms with Crippen molar-refractivity contribution in [2.24, 2.45) is 28.6 Å². The normalized spacial score (nSPS) is 41.7. The number of hydrogen-bond acceptors (Lipinski definition) is 4. The summed E-state index contributed by atoms with van der Waals surface area (Å²) in [7, 11) is 1.93. The lowest BCUT2D eigenvalue weighted by Gasteiger charge is -2.57. The number of carbonyl (C=O) groups excluding carboxylic acids is 1. The molecule has 6 nitrogen and oxygen atoms in total. The second kappa shape index (κ2) is 8.71. The summed E-state index contributed by atoms with van der Waals surface area (Å²) in [4.78, 5) is 22.6. The van der Waals surface area contributed by atoms with Gasteiger partial charge in [0.1, 0.15) is 13.2 Å². The molecule has 0 saturated heterocycles. The van der Waals surface area contributed by atoms with Crippen LogP contribution in [0.5, 0.6) is 0 Å². The van der Waals surface area contributed by atoms with E-state index in [1.807, 2.05) is 34.1 Å². The van der Waals surface area contributed by atoms with Gasteiger partial charge in [-0.25, -0.2) is 4.57 Å². The zero-order valence-electron chi connectivity index (χ0n) is 21.3. The Morgan fingerprint density at radius 1 is 1.15 bits per heavy atom. The maximum absolute atomic E-state index is 12.8. The van der Waals surface area contributed by atoms with Gasteiger partial charge in [-0.15, -0.1) is 0 Å². The van der Waals surface area contributed by atoms with Gasteiger partial charge in [0.25, 0.3) is 0 Å². The van der Waals surface area contributed by atoms with E-state index in [9.17, 15) is 14.3 Å². The first-order valence-corrected chi connectivity index (χ1v) is 14.2. The van der Waals surface area contributed by atoms with Crippen molar-refractivity contribution in [2.45, 2.75) is 71.8 Å². The largest absolute Gasteiger partial charge is 0.472 e. The fraction of sp³-hybridized carbons (Fsp3) is 0.808. The molecule has 0 aromatic carbocycles. The standard InChI is InChI=1S/C26H42NO5P/c1-7-21-24(32-33(29,30)31-15-14-27(4,5)6)17-23-20-9-8-18-16-19(28)10-12-25(18,2)22(20)11-13-26(21,23)3/h7,16,20,22-24H,8-15,17H2,1-6H3/p+1/b21-7+/t20?,22?,23?,24?,25-,26+/m0/s1. The van der Waals surface area contributed by atoms with Crippen LogP contribution in [0.1, 0.15) is 65.7 Å². The summed E-state index contributed by atoms with van der Waals surface area (Å²) in [6, 6.07) is 0. The lowest BCUT2D eigenvalue weighted by atomic mass is 9.47. The number of fused-ring (bicyclic) bond motifs is 5. The highest BCUT2D eigenvalue weighted by molar-refractivity contribution is 7.47. The number of phosphoric ester groups is 1. The van der Waals surface area contributed by atoms with Crippen molar-refractivity contribution >= 4 is 13.6 Å². The maximum atomic E-state index is 12.8. The summed E-state index contributed by atoms with van der Waals surface area (Å²) in [6.45, 7) is 7.57. The third-order valence-electron chi connectivity index (χ3n) is 9.41. The zero-order chi connectivity index (χ0) is 24.2. The van der Waals surface area contributed by atoms with E-state index in [4.69, 9.17) is 9.05 Å². The van der Waals surface area contributed by atoms with E-state index in [2.05, 4.69) is 19.9 Å². The van der Waals surface area contributed by atoms with Gasteiger partial charge >= 0.3 is 7.82 Å². The van der Waals surface area contributed by atoms with E-state index < -0.39 is 7.82 Å². The molecule has 7 atom stereocenters. The highest BCUT2D eigenvalue weighted by atomic mass is 31.2. The molecule has 3 saturated carbocycles. The van der Waals surface area contributed by atoms with Crippen LogP contribution >= 0.6 is 7.82 Å². The Morgan fingerprint density at radius 3 is 2.55 bits per heavy atom. The predicted molar refractivity (Wildman–Crippen MR) is 129 cm³/mol. The molecular formula is C26H43NO5P+. The molecule has 0 heterocycles. The van der Waals surface area contributed by atoms with Crippen molar-refractivity contribution in [1.82, 2.24) is 0 Å². The highest BCUT2D eigenvalue weighted by Gasteiger charge is 2.60. The van der Waals surface area contributed by atoms with Crippen LogP contribution in [0.15, 0.2) is 23.3 Å². The van der Waals surface area contributed by atoms with Crippen LogP contribution in [0.3, 0.4) is 0 Å². The molecule has 0 aromatic rings. The monoisotopic (exact) mass is 480 g/mol. The molecule has 33 heavy (non-hydrogen) atoms. The Kier molecular flexibility index (Phi) is 6.68. The van der Waals surface area contributed by atoms with Gasteiger partial charge in [-0.05, 0) is 85.7 Å². The molecule has 3 fully saturated rings. The summed E-state index contributed by atoms with van der Waals surface area (Å²) in [5.41, 5.74) is 2.64. The summed E-state index contributed by atoms with van der Waals surface area (Å²) in [6.07, 6.45) is 10.4. The molecule has 5 unspecified atom stereocenters. The first kappa shape index (κ1) is 25.3. The number of nitrogens with zero attached hydrogens (tertiary/aromatic N) is 1. The topological polar surface area (TPSA) is 72.8 Å². The molecule has 0 aromatic heterocycles. The number of quaternary nitrogens is 1. The Balaban J connectivity index is 1.53. The van der Waals surface area contributed by atoms with Gasteiger partial charge in [-0.3, -0.25) is 13.8 Å². The van der Waals surface area contributed by atoms with Crippen molar-refractivity contribution in [3.63, 3.8) is 0 Å². The molecule has 4 aliphatic rings. The molecule has 0 spiro atoms. The molecule has 0 aliphatic heterocycles. The summed E-state index contributed by atoms with van der Waals surface area (Å²) >= 11 is 0. The minimum atomic E-state index is -4.14. The first-order chi connectivity index (χ1) is 15.3. The molecule has 0 amide bonds. The molecule has 186 valence electrons. The SMILES string of the molecule is C/C=C1\C(OP(=O)(O)OCC[N+](C)(C)C)CC2C3CCC4=CC(=O)CC[C@]4(C)C3CC[C@]12C. The Morgan fingerprint density at radius 2 is 1.88 bits per heavy atom. The number of rotatable bonds is 6. The van der Waals surface area contributed by atoms with Gasteiger partial charge in [-0.1, -0.05) is 25.5 Å². The summed E-state index contributed by atoms with van der Waals surface area (Å²) < 4.78 is 24.7. The van der Waals surface area contributed by atoms with Crippen molar-refractivity contribution in [2.75, 3.05) is 34.3 Å². The van der Waals surface area contributed by atoms with Crippen LogP contribution in [0.2, 0.25) is 0 Å². The smallest absolute Gasteiger partial charge is 0.329 e. The first-order valence-electron chi connectivity index (χ1n) is 12.7. The van der Waals surface area contributed by atoms with Crippen LogP contribution < -0.4 is 0 Å². The Hall–Kier alpha value is -0.780. The zero-order valence-corrected chi connectivity index (χ0v) is 22.2. The predicted octanol–water partition coefficient (Wildman–Crippen LogP) is 5.28. The van der Waals surface area contributed by atoms with E-state index in [0.29, 0.717) is 35.2 Å². The number of phosphoric acid groups is 1. The van der Waals surface area contributed by atoms with Crippen LogP contribution in [0.4, 0.5) is 0 Å². The van der Waals surface area contributed by atoms with E-state index in [1.54, 1.807) is 0 Å². The van der Waals surface area contributed by atoms with E-state index in [1.165, 1.54) is 11.1 Å². The van der Waals surface area contributed by atoms with Crippen molar-refractivity contribution in [3.8, 4) is 0 Å². The number of likely N-dealkylation sites (N-methyl/N-ethyl adjacent to an activating group) is 1. The third kappa shape index (κ3) is 4.71. The Bertz CT molecular complexity index is 905. The number of allylic oxidation sites excluding steroid dienone is 2. The van der Waals surface area contributed by atoms with Gasteiger partial charge in [0.05, 0.1) is 27.2 Å². The van der Waals surface area contributed by atoms with Gasteiger partial charge in [0.2, 0.25) is 0 Å².